The quantitative estimate of drug-likeness (QED) is 0.548. The summed E-state index contributed by atoms with van der Waals surface area (Å²) >= 11 is 1.17. The fourth-order valence-electron chi connectivity index (χ4n) is 2.33. The van der Waals surface area contributed by atoms with Crippen molar-refractivity contribution in [1.82, 2.24) is 9.97 Å². The van der Waals surface area contributed by atoms with Gasteiger partial charge in [-0.2, -0.15) is 0 Å². The molecule has 1 heterocycles. The van der Waals surface area contributed by atoms with Crippen LogP contribution in [0.25, 0.3) is 0 Å². The van der Waals surface area contributed by atoms with Crippen molar-refractivity contribution >= 4 is 23.4 Å². The third kappa shape index (κ3) is 4.69. The van der Waals surface area contributed by atoms with Crippen molar-refractivity contribution in [3.8, 4) is 0 Å². The summed E-state index contributed by atoms with van der Waals surface area (Å²) in [7, 11) is 0. The van der Waals surface area contributed by atoms with Crippen LogP contribution in [0.3, 0.4) is 0 Å². The van der Waals surface area contributed by atoms with Crippen LogP contribution in [-0.4, -0.2) is 33.3 Å². The van der Waals surface area contributed by atoms with Crippen LogP contribution in [0.5, 0.6) is 0 Å². The second kappa shape index (κ2) is 8.12. The SMILES string of the molecule is Cc1ccc(NC(=O)CSc2nc(C)c(CCO)c(=O)[nH]2)c(C)c1. The Morgan fingerprint density at radius 2 is 2.08 bits per heavy atom. The summed E-state index contributed by atoms with van der Waals surface area (Å²) in [6.45, 7) is 5.56. The van der Waals surface area contributed by atoms with Gasteiger partial charge in [0.15, 0.2) is 5.16 Å². The van der Waals surface area contributed by atoms with Crippen LogP contribution >= 0.6 is 11.8 Å². The highest BCUT2D eigenvalue weighted by Gasteiger charge is 2.10. The van der Waals surface area contributed by atoms with Crippen molar-refractivity contribution in [2.24, 2.45) is 0 Å². The molecular formula is C17H21N3O3S. The molecule has 0 unspecified atom stereocenters. The van der Waals surface area contributed by atoms with Crippen LogP contribution in [0.15, 0.2) is 28.2 Å². The molecule has 0 spiro atoms. The van der Waals surface area contributed by atoms with E-state index in [2.05, 4.69) is 15.3 Å². The number of aliphatic hydroxyl groups excluding tert-OH is 1. The molecule has 0 saturated heterocycles. The lowest BCUT2D eigenvalue weighted by Crippen LogP contribution is -2.19. The number of carbonyl (C=O) groups is 1. The lowest BCUT2D eigenvalue weighted by Gasteiger charge is -2.09. The topological polar surface area (TPSA) is 95.1 Å². The number of aromatic nitrogens is 2. The van der Waals surface area contributed by atoms with Gasteiger partial charge < -0.3 is 15.4 Å². The molecule has 0 fully saturated rings. The first-order valence-corrected chi connectivity index (χ1v) is 8.60. The van der Waals surface area contributed by atoms with Crippen LogP contribution in [0, 0.1) is 20.8 Å². The molecule has 0 aliphatic heterocycles. The predicted molar refractivity (Wildman–Crippen MR) is 95.7 cm³/mol. The number of rotatable bonds is 6. The molecule has 6 nitrogen and oxygen atoms in total. The van der Waals surface area contributed by atoms with E-state index < -0.39 is 0 Å². The molecule has 1 aromatic heterocycles. The number of benzene rings is 1. The van der Waals surface area contributed by atoms with Gasteiger partial charge in [0.2, 0.25) is 5.91 Å². The van der Waals surface area contributed by atoms with Gasteiger partial charge in [0.05, 0.1) is 5.75 Å². The largest absolute Gasteiger partial charge is 0.396 e. The lowest BCUT2D eigenvalue weighted by molar-refractivity contribution is -0.113. The number of amides is 1. The molecule has 24 heavy (non-hydrogen) atoms. The maximum absolute atomic E-state index is 12.1. The summed E-state index contributed by atoms with van der Waals surface area (Å²) in [5.74, 6) is -0.0126. The first-order chi connectivity index (χ1) is 11.4. The monoisotopic (exact) mass is 347 g/mol. The third-order valence-corrected chi connectivity index (χ3v) is 4.43. The molecule has 0 atom stereocenters. The first kappa shape index (κ1) is 18.2. The Labute approximate surface area is 144 Å². The predicted octanol–water partition coefficient (Wildman–Crippen LogP) is 1.96. The number of nitrogens with one attached hydrogen (secondary N) is 2. The molecule has 3 N–H and O–H groups in total. The minimum absolute atomic E-state index is 0.101. The Hall–Kier alpha value is -2.12. The Balaban J connectivity index is 2.00. The van der Waals surface area contributed by atoms with Crippen molar-refractivity contribution in [3.05, 3.63) is 50.9 Å². The van der Waals surface area contributed by atoms with Gasteiger partial charge in [0.1, 0.15) is 0 Å². The fourth-order valence-corrected chi connectivity index (χ4v) is 3.04. The maximum atomic E-state index is 12.1. The molecule has 0 aliphatic carbocycles. The van der Waals surface area contributed by atoms with E-state index in [0.717, 1.165) is 16.8 Å². The van der Waals surface area contributed by atoms with E-state index in [4.69, 9.17) is 5.11 Å². The normalized spacial score (nSPS) is 10.7. The van der Waals surface area contributed by atoms with Gasteiger partial charge in [-0.15, -0.1) is 0 Å². The van der Waals surface area contributed by atoms with E-state index in [9.17, 15) is 9.59 Å². The Bertz CT molecular complexity index is 802. The van der Waals surface area contributed by atoms with Gasteiger partial charge in [0, 0.05) is 30.0 Å². The third-order valence-electron chi connectivity index (χ3n) is 3.56. The van der Waals surface area contributed by atoms with E-state index >= 15 is 0 Å². The number of aliphatic hydroxyl groups is 1. The molecule has 2 rings (SSSR count). The number of aryl methyl sites for hydroxylation is 3. The zero-order chi connectivity index (χ0) is 17.7. The van der Waals surface area contributed by atoms with Crippen molar-refractivity contribution in [2.75, 3.05) is 17.7 Å². The molecule has 0 bridgehead atoms. The second-order valence-corrected chi connectivity index (χ2v) is 6.53. The van der Waals surface area contributed by atoms with Crippen molar-refractivity contribution in [1.29, 1.82) is 0 Å². The highest BCUT2D eigenvalue weighted by atomic mass is 32.2. The summed E-state index contributed by atoms with van der Waals surface area (Å²) in [6.07, 6.45) is 0.270. The maximum Gasteiger partial charge on any atom is 0.255 e. The minimum Gasteiger partial charge on any atom is -0.396 e. The highest BCUT2D eigenvalue weighted by Crippen LogP contribution is 2.18. The molecule has 7 heteroatoms. The number of hydrogen-bond donors (Lipinski definition) is 3. The minimum atomic E-state index is -0.270. The van der Waals surface area contributed by atoms with Crippen molar-refractivity contribution < 1.29 is 9.90 Å². The molecule has 1 aromatic carbocycles. The van der Waals surface area contributed by atoms with Gasteiger partial charge in [-0.05, 0) is 32.4 Å². The van der Waals surface area contributed by atoms with E-state index in [-0.39, 0.29) is 30.2 Å². The van der Waals surface area contributed by atoms with Crippen LogP contribution < -0.4 is 10.9 Å². The second-order valence-electron chi connectivity index (χ2n) is 5.56. The van der Waals surface area contributed by atoms with Crippen LogP contribution in [0.4, 0.5) is 5.69 Å². The summed E-state index contributed by atoms with van der Waals surface area (Å²) < 4.78 is 0. The molecular weight excluding hydrogens is 326 g/mol. The molecule has 0 aliphatic rings. The van der Waals surface area contributed by atoms with Gasteiger partial charge in [-0.3, -0.25) is 9.59 Å². The lowest BCUT2D eigenvalue weighted by atomic mass is 10.1. The summed E-state index contributed by atoms with van der Waals surface area (Å²) in [6, 6.07) is 5.82. The van der Waals surface area contributed by atoms with Crippen LogP contribution in [-0.2, 0) is 11.2 Å². The molecule has 0 radical (unpaired) electrons. The zero-order valence-corrected chi connectivity index (χ0v) is 14.8. The summed E-state index contributed by atoms with van der Waals surface area (Å²) in [4.78, 5) is 30.9. The summed E-state index contributed by atoms with van der Waals surface area (Å²) in [5.41, 5.74) is 3.70. The zero-order valence-electron chi connectivity index (χ0n) is 14.0. The van der Waals surface area contributed by atoms with E-state index in [1.54, 1.807) is 6.92 Å². The number of aromatic amines is 1. The molecule has 0 saturated carbocycles. The van der Waals surface area contributed by atoms with E-state index in [0.29, 0.717) is 16.4 Å². The van der Waals surface area contributed by atoms with Crippen LogP contribution in [0.2, 0.25) is 0 Å². The van der Waals surface area contributed by atoms with Gasteiger partial charge in [0.25, 0.3) is 5.56 Å². The standard InChI is InChI=1S/C17H21N3O3S/c1-10-4-5-14(11(2)8-10)19-15(22)9-24-17-18-12(3)13(6-7-21)16(23)20-17/h4-5,8,21H,6-7,9H2,1-3H3,(H,19,22)(H,18,20,23). The number of carbonyl (C=O) groups excluding carboxylic acids is 1. The van der Waals surface area contributed by atoms with Crippen molar-refractivity contribution in [3.63, 3.8) is 0 Å². The van der Waals surface area contributed by atoms with E-state index in [1.807, 2.05) is 32.0 Å². The van der Waals surface area contributed by atoms with Gasteiger partial charge in [-0.1, -0.05) is 29.5 Å². The number of H-pyrrole nitrogens is 1. The highest BCUT2D eigenvalue weighted by molar-refractivity contribution is 7.99. The first-order valence-electron chi connectivity index (χ1n) is 7.61. The number of nitrogens with zero attached hydrogens (tertiary/aromatic N) is 1. The van der Waals surface area contributed by atoms with Gasteiger partial charge in [-0.25, -0.2) is 4.98 Å². The molecule has 1 amide bonds. The summed E-state index contributed by atoms with van der Waals surface area (Å²) in [5, 5.41) is 12.2. The Morgan fingerprint density at radius 1 is 1.33 bits per heavy atom. The fraction of sp³-hybridized carbons (Fsp3) is 0.353. The molecule has 2 aromatic rings. The average Bonchev–Trinajstić information content (AvgIpc) is 2.51. The number of hydrogen-bond acceptors (Lipinski definition) is 5. The Kier molecular flexibility index (Phi) is 6.16. The van der Waals surface area contributed by atoms with E-state index in [1.165, 1.54) is 11.8 Å². The van der Waals surface area contributed by atoms with Crippen LogP contribution in [0.1, 0.15) is 22.4 Å². The Morgan fingerprint density at radius 3 is 2.71 bits per heavy atom. The average molecular weight is 347 g/mol. The van der Waals surface area contributed by atoms with Gasteiger partial charge >= 0.3 is 0 Å². The number of anilines is 1. The number of thioether (sulfide) groups is 1. The molecule has 128 valence electrons. The smallest absolute Gasteiger partial charge is 0.255 e. The van der Waals surface area contributed by atoms with Crippen molar-refractivity contribution in [2.45, 2.75) is 32.3 Å².